The van der Waals surface area contributed by atoms with Crippen LogP contribution in [0.4, 0.5) is 0 Å². The van der Waals surface area contributed by atoms with E-state index in [1.807, 2.05) is 25.1 Å². The first-order valence-electron chi connectivity index (χ1n) is 5.68. The number of esters is 1. The predicted octanol–water partition coefficient (Wildman–Crippen LogP) is 2.12. The third-order valence-electron chi connectivity index (χ3n) is 3.34. The SMILES string of the molecule is COC(=O)C1CNCC1c1ccc(C)c(Cl)c1. The van der Waals surface area contributed by atoms with Crippen LogP contribution in [-0.4, -0.2) is 26.2 Å². The molecule has 0 saturated carbocycles. The molecule has 1 aromatic rings. The second-order valence-electron chi connectivity index (χ2n) is 4.40. The Morgan fingerprint density at radius 2 is 2.24 bits per heavy atom. The van der Waals surface area contributed by atoms with E-state index in [0.29, 0.717) is 6.54 Å². The number of carbonyl (C=O) groups is 1. The van der Waals surface area contributed by atoms with Crippen molar-refractivity contribution in [2.45, 2.75) is 12.8 Å². The van der Waals surface area contributed by atoms with Crippen molar-refractivity contribution < 1.29 is 9.53 Å². The number of halogens is 1. The van der Waals surface area contributed by atoms with E-state index < -0.39 is 0 Å². The van der Waals surface area contributed by atoms with Crippen molar-refractivity contribution in [2.24, 2.45) is 5.92 Å². The maximum atomic E-state index is 11.7. The first-order chi connectivity index (χ1) is 8.13. The highest BCUT2D eigenvalue weighted by Gasteiger charge is 2.34. The Morgan fingerprint density at radius 1 is 1.47 bits per heavy atom. The van der Waals surface area contributed by atoms with Gasteiger partial charge in [-0.05, 0) is 24.1 Å². The van der Waals surface area contributed by atoms with Crippen LogP contribution in [0.25, 0.3) is 0 Å². The maximum absolute atomic E-state index is 11.7. The van der Waals surface area contributed by atoms with Gasteiger partial charge >= 0.3 is 5.97 Å². The number of methoxy groups -OCH3 is 1. The zero-order chi connectivity index (χ0) is 12.4. The number of hydrogen-bond acceptors (Lipinski definition) is 3. The Bertz CT molecular complexity index is 433. The minimum Gasteiger partial charge on any atom is -0.469 e. The van der Waals surface area contributed by atoms with Gasteiger partial charge in [-0.25, -0.2) is 0 Å². The minimum atomic E-state index is -0.156. The van der Waals surface area contributed by atoms with E-state index in [0.717, 1.165) is 22.7 Å². The normalized spacial score (nSPS) is 23.7. The molecule has 1 aliphatic heterocycles. The van der Waals surface area contributed by atoms with Crippen LogP contribution in [0, 0.1) is 12.8 Å². The van der Waals surface area contributed by atoms with Gasteiger partial charge < -0.3 is 10.1 Å². The molecule has 0 aromatic heterocycles. The summed E-state index contributed by atoms with van der Waals surface area (Å²) in [6, 6.07) is 5.98. The Morgan fingerprint density at radius 3 is 2.88 bits per heavy atom. The summed E-state index contributed by atoms with van der Waals surface area (Å²) in [6.07, 6.45) is 0. The van der Waals surface area contributed by atoms with Gasteiger partial charge in [0.25, 0.3) is 0 Å². The molecule has 2 unspecified atom stereocenters. The molecular formula is C13H16ClNO2. The fourth-order valence-electron chi connectivity index (χ4n) is 2.27. The summed E-state index contributed by atoms with van der Waals surface area (Å²) in [7, 11) is 1.43. The number of nitrogens with one attached hydrogen (secondary N) is 1. The van der Waals surface area contributed by atoms with Crippen molar-refractivity contribution in [3.05, 3.63) is 34.3 Å². The molecule has 1 N–H and O–H groups in total. The van der Waals surface area contributed by atoms with E-state index in [1.165, 1.54) is 7.11 Å². The molecule has 0 aliphatic carbocycles. The van der Waals surface area contributed by atoms with Crippen LogP contribution in [0.3, 0.4) is 0 Å². The third kappa shape index (κ3) is 2.45. The van der Waals surface area contributed by atoms with Crippen molar-refractivity contribution in [1.29, 1.82) is 0 Å². The average molecular weight is 254 g/mol. The van der Waals surface area contributed by atoms with Crippen molar-refractivity contribution in [1.82, 2.24) is 5.32 Å². The van der Waals surface area contributed by atoms with Crippen LogP contribution in [0.1, 0.15) is 17.0 Å². The topological polar surface area (TPSA) is 38.3 Å². The standard InChI is InChI=1S/C13H16ClNO2/c1-8-3-4-9(5-12(8)14)10-6-15-7-11(10)13(16)17-2/h3-5,10-11,15H,6-7H2,1-2H3. The second kappa shape index (κ2) is 5.07. The molecule has 3 nitrogen and oxygen atoms in total. The van der Waals surface area contributed by atoms with E-state index in [9.17, 15) is 4.79 Å². The molecule has 0 bridgehead atoms. The van der Waals surface area contributed by atoms with Gasteiger partial charge in [-0.3, -0.25) is 4.79 Å². The van der Waals surface area contributed by atoms with Crippen LogP contribution >= 0.6 is 11.6 Å². The van der Waals surface area contributed by atoms with Gasteiger partial charge in [-0.1, -0.05) is 23.7 Å². The minimum absolute atomic E-state index is 0.112. The van der Waals surface area contributed by atoms with Crippen LogP contribution in [0.15, 0.2) is 18.2 Å². The Kier molecular flexibility index (Phi) is 3.69. The Labute approximate surface area is 106 Å². The van der Waals surface area contributed by atoms with Crippen LogP contribution < -0.4 is 5.32 Å². The summed E-state index contributed by atoms with van der Waals surface area (Å²) < 4.78 is 4.83. The van der Waals surface area contributed by atoms with Crippen molar-refractivity contribution in [3.8, 4) is 0 Å². The van der Waals surface area contributed by atoms with Gasteiger partial charge in [0, 0.05) is 24.0 Å². The highest BCUT2D eigenvalue weighted by atomic mass is 35.5. The van der Waals surface area contributed by atoms with Gasteiger partial charge in [-0.2, -0.15) is 0 Å². The van der Waals surface area contributed by atoms with Gasteiger partial charge in [0.15, 0.2) is 0 Å². The van der Waals surface area contributed by atoms with Crippen molar-refractivity contribution in [3.63, 3.8) is 0 Å². The highest BCUT2D eigenvalue weighted by Crippen LogP contribution is 2.31. The molecule has 2 atom stereocenters. The summed E-state index contributed by atoms with van der Waals surface area (Å²) in [5.41, 5.74) is 2.15. The molecule has 0 amide bonds. The van der Waals surface area contributed by atoms with Gasteiger partial charge in [0.1, 0.15) is 0 Å². The number of benzene rings is 1. The summed E-state index contributed by atoms with van der Waals surface area (Å²) in [6.45, 7) is 3.43. The molecule has 1 heterocycles. The zero-order valence-electron chi connectivity index (χ0n) is 10.00. The van der Waals surface area contributed by atoms with E-state index in [4.69, 9.17) is 16.3 Å². The quantitative estimate of drug-likeness (QED) is 0.821. The van der Waals surface area contributed by atoms with E-state index in [-0.39, 0.29) is 17.8 Å². The van der Waals surface area contributed by atoms with E-state index >= 15 is 0 Å². The molecule has 0 radical (unpaired) electrons. The number of hydrogen-bond donors (Lipinski definition) is 1. The lowest BCUT2D eigenvalue weighted by Crippen LogP contribution is -2.22. The fourth-order valence-corrected chi connectivity index (χ4v) is 2.46. The highest BCUT2D eigenvalue weighted by molar-refractivity contribution is 6.31. The van der Waals surface area contributed by atoms with Gasteiger partial charge in [0.2, 0.25) is 0 Å². The molecule has 2 rings (SSSR count). The summed E-state index contributed by atoms with van der Waals surface area (Å²) in [4.78, 5) is 11.7. The summed E-state index contributed by atoms with van der Waals surface area (Å²) in [5.74, 6) is -0.115. The first-order valence-corrected chi connectivity index (χ1v) is 6.06. The molecule has 1 saturated heterocycles. The number of carbonyl (C=O) groups excluding carboxylic acids is 1. The van der Waals surface area contributed by atoms with E-state index in [2.05, 4.69) is 5.32 Å². The predicted molar refractivity (Wildman–Crippen MR) is 67.3 cm³/mol. The average Bonchev–Trinajstić information content (AvgIpc) is 2.80. The van der Waals surface area contributed by atoms with Crippen molar-refractivity contribution in [2.75, 3.05) is 20.2 Å². The number of rotatable bonds is 2. The maximum Gasteiger partial charge on any atom is 0.310 e. The lowest BCUT2D eigenvalue weighted by molar-refractivity contribution is -0.145. The molecular weight excluding hydrogens is 238 g/mol. The van der Waals surface area contributed by atoms with Crippen LogP contribution in [-0.2, 0) is 9.53 Å². The molecule has 92 valence electrons. The summed E-state index contributed by atoms with van der Waals surface area (Å²) >= 11 is 6.12. The molecule has 1 aromatic carbocycles. The largest absolute Gasteiger partial charge is 0.469 e. The zero-order valence-corrected chi connectivity index (χ0v) is 10.8. The fraction of sp³-hybridized carbons (Fsp3) is 0.462. The second-order valence-corrected chi connectivity index (χ2v) is 4.81. The van der Waals surface area contributed by atoms with Gasteiger partial charge in [0.05, 0.1) is 13.0 Å². The summed E-state index contributed by atoms with van der Waals surface area (Å²) in [5, 5.41) is 3.97. The van der Waals surface area contributed by atoms with Crippen molar-refractivity contribution >= 4 is 17.6 Å². The molecule has 1 fully saturated rings. The van der Waals surface area contributed by atoms with Gasteiger partial charge in [-0.15, -0.1) is 0 Å². The lowest BCUT2D eigenvalue weighted by Gasteiger charge is -2.17. The third-order valence-corrected chi connectivity index (χ3v) is 3.75. The molecule has 17 heavy (non-hydrogen) atoms. The smallest absolute Gasteiger partial charge is 0.310 e. The molecule has 0 spiro atoms. The first kappa shape index (κ1) is 12.4. The number of aryl methyl sites for hydroxylation is 1. The Balaban J connectivity index is 2.26. The lowest BCUT2D eigenvalue weighted by atomic mass is 9.88. The number of ether oxygens (including phenoxy) is 1. The monoisotopic (exact) mass is 253 g/mol. The Hall–Kier alpha value is -1.06. The molecule has 1 aliphatic rings. The van der Waals surface area contributed by atoms with Crippen LogP contribution in [0.5, 0.6) is 0 Å². The van der Waals surface area contributed by atoms with Crippen LogP contribution in [0.2, 0.25) is 5.02 Å². The molecule has 4 heteroatoms. The van der Waals surface area contributed by atoms with E-state index in [1.54, 1.807) is 0 Å².